The van der Waals surface area contributed by atoms with Crippen LogP contribution in [0.5, 0.6) is 0 Å². The van der Waals surface area contributed by atoms with Gasteiger partial charge in [0.25, 0.3) is 0 Å². The van der Waals surface area contributed by atoms with Gasteiger partial charge in [-0.1, -0.05) is 18.2 Å². The van der Waals surface area contributed by atoms with Gasteiger partial charge in [-0.3, -0.25) is 4.79 Å². The average molecular weight is 324 g/mol. The van der Waals surface area contributed by atoms with Gasteiger partial charge in [0.15, 0.2) is 0 Å². The van der Waals surface area contributed by atoms with Gasteiger partial charge >= 0.3 is 5.97 Å². The molecular formula is C19H20N2O3. The molecule has 2 aromatic rings. The highest BCUT2D eigenvalue weighted by Crippen LogP contribution is 2.25. The van der Waals surface area contributed by atoms with Crippen LogP contribution in [0.15, 0.2) is 42.5 Å². The number of hydrogen-bond acceptors (Lipinski definition) is 3. The van der Waals surface area contributed by atoms with E-state index in [-0.39, 0.29) is 11.8 Å². The van der Waals surface area contributed by atoms with Crippen molar-refractivity contribution < 1.29 is 14.7 Å². The summed E-state index contributed by atoms with van der Waals surface area (Å²) in [6.45, 7) is 3.20. The van der Waals surface area contributed by atoms with Crippen LogP contribution in [0.2, 0.25) is 0 Å². The zero-order valence-electron chi connectivity index (χ0n) is 13.5. The van der Waals surface area contributed by atoms with Crippen LogP contribution in [0.4, 0.5) is 5.69 Å². The molecule has 0 bridgehead atoms. The van der Waals surface area contributed by atoms with E-state index in [1.165, 1.54) is 0 Å². The number of hydrogen-bond donors (Lipinski definition) is 3. The SMILES string of the molecule is Cc1ccc(C(=O)O)cc1CNc1cccc(C2CNC(=O)C2)c1. The summed E-state index contributed by atoms with van der Waals surface area (Å²) >= 11 is 0. The highest BCUT2D eigenvalue weighted by atomic mass is 16.4. The Morgan fingerprint density at radius 2 is 2.12 bits per heavy atom. The zero-order chi connectivity index (χ0) is 17.1. The second-order valence-corrected chi connectivity index (χ2v) is 6.13. The summed E-state index contributed by atoms with van der Waals surface area (Å²) in [6.07, 6.45) is 0.531. The minimum absolute atomic E-state index is 0.0967. The lowest BCUT2D eigenvalue weighted by Gasteiger charge is -2.13. The van der Waals surface area contributed by atoms with Crippen molar-refractivity contribution in [3.8, 4) is 0 Å². The van der Waals surface area contributed by atoms with E-state index in [1.807, 2.05) is 31.2 Å². The van der Waals surface area contributed by atoms with Crippen LogP contribution in [0.25, 0.3) is 0 Å². The Balaban J connectivity index is 1.72. The fraction of sp³-hybridized carbons (Fsp3) is 0.263. The Labute approximate surface area is 140 Å². The van der Waals surface area contributed by atoms with Crippen LogP contribution in [0.1, 0.15) is 39.4 Å². The predicted octanol–water partition coefficient (Wildman–Crippen LogP) is 2.91. The molecule has 1 unspecified atom stereocenters. The van der Waals surface area contributed by atoms with E-state index >= 15 is 0 Å². The third-order valence-corrected chi connectivity index (χ3v) is 4.41. The van der Waals surface area contributed by atoms with Crippen molar-refractivity contribution in [3.63, 3.8) is 0 Å². The predicted molar refractivity (Wildman–Crippen MR) is 92.3 cm³/mol. The fourth-order valence-electron chi connectivity index (χ4n) is 2.94. The number of rotatable bonds is 5. The first-order valence-corrected chi connectivity index (χ1v) is 7.96. The van der Waals surface area contributed by atoms with Crippen LogP contribution < -0.4 is 10.6 Å². The first kappa shape index (κ1) is 16.1. The third-order valence-electron chi connectivity index (χ3n) is 4.41. The summed E-state index contributed by atoms with van der Waals surface area (Å²) in [5.74, 6) is -0.604. The highest BCUT2D eigenvalue weighted by Gasteiger charge is 2.22. The van der Waals surface area contributed by atoms with Gasteiger partial charge in [0.1, 0.15) is 0 Å². The lowest BCUT2D eigenvalue weighted by molar-refractivity contribution is -0.119. The smallest absolute Gasteiger partial charge is 0.335 e. The number of aromatic carboxylic acids is 1. The third kappa shape index (κ3) is 3.56. The van der Waals surface area contributed by atoms with Gasteiger partial charge in [0, 0.05) is 31.1 Å². The number of amides is 1. The lowest BCUT2D eigenvalue weighted by atomic mass is 9.98. The molecule has 0 aromatic heterocycles. The van der Waals surface area contributed by atoms with Gasteiger partial charge in [0.05, 0.1) is 5.56 Å². The standard InChI is InChI=1S/C19H20N2O3/c1-12-5-6-14(19(23)24)7-15(12)10-20-17-4-2-3-13(8-17)16-9-18(22)21-11-16/h2-8,16,20H,9-11H2,1H3,(H,21,22)(H,23,24). The largest absolute Gasteiger partial charge is 0.478 e. The molecule has 24 heavy (non-hydrogen) atoms. The van der Waals surface area contributed by atoms with E-state index in [4.69, 9.17) is 5.11 Å². The van der Waals surface area contributed by atoms with Gasteiger partial charge in [-0.25, -0.2) is 4.79 Å². The summed E-state index contributed by atoms with van der Waals surface area (Å²) in [5, 5.41) is 15.3. The molecule has 2 aromatic carbocycles. The van der Waals surface area contributed by atoms with Crippen LogP contribution >= 0.6 is 0 Å². The maximum Gasteiger partial charge on any atom is 0.335 e. The monoisotopic (exact) mass is 324 g/mol. The molecule has 3 N–H and O–H groups in total. The van der Waals surface area contributed by atoms with Gasteiger partial charge in [-0.05, 0) is 47.9 Å². The number of nitrogens with one attached hydrogen (secondary N) is 2. The quantitative estimate of drug-likeness (QED) is 0.790. The number of benzene rings is 2. The van der Waals surface area contributed by atoms with Gasteiger partial charge in [-0.2, -0.15) is 0 Å². The normalized spacial score (nSPS) is 16.7. The molecule has 5 heteroatoms. The molecule has 0 saturated carbocycles. The number of carbonyl (C=O) groups excluding carboxylic acids is 1. The molecular weight excluding hydrogens is 304 g/mol. The van der Waals surface area contributed by atoms with Gasteiger partial charge in [0.2, 0.25) is 5.91 Å². The van der Waals surface area contributed by atoms with Crippen LogP contribution in [0, 0.1) is 6.92 Å². The molecule has 1 fully saturated rings. The Kier molecular flexibility index (Phi) is 4.51. The second kappa shape index (κ2) is 6.74. The first-order valence-electron chi connectivity index (χ1n) is 7.96. The Morgan fingerprint density at radius 3 is 2.83 bits per heavy atom. The minimum atomic E-state index is -0.920. The van der Waals surface area contributed by atoms with Crippen molar-refractivity contribution in [2.45, 2.75) is 25.8 Å². The maximum absolute atomic E-state index is 11.4. The van der Waals surface area contributed by atoms with E-state index in [0.29, 0.717) is 25.1 Å². The fourth-order valence-corrected chi connectivity index (χ4v) is 2.94. The molecule has 1 saturated heterocycles. The number of carboxylic acids is 1. The highest BCUT2D eigenvalue weighted by molar-refractivity contribution is 5.87. The van der Waals surface area contributed by atoms with E-state index in [0.717, 1.165) is 22.4 Å². The Morgan fingerprint density at radius 1 is 1.29 bits per heavy atom. The molecule has 0 aliphatic carbocycles. The maximum atomic E-state index is 11.4. The summed E-state index contributed by atoms with van der Waals surface area (Å²) in [4.78, 5) is 22.5. The van der Waals surface area contributed by atoms with Crippen molar-refractivity contribution in [3.05, 3.63) is 64.7 Å². The molecule has 1 heterocycles. The van der Waals surface area contributed by atoms with E-state index in [1.54, 1.807) is 12.1 Å². The Hall–Kier alpha value is -2.82. The molecule has 5 nitrogen and oxygen atoms in total. The van der Waals surface area contributed by atoms with E-state index in [2.05, 4.69) is 16.7 Å². The summed E-state index contributed by atoms with van der Waals surface area (Å²) in [7, 11) is 0. The van der Waals surface area contributed by atoms with Crippen molar-refractivity contribution in [2.75, 3.05) is 11.9 Å². The van der Waals surface area contributed by atoms with Crippen LogP contribution in [-0.2, 0) is 11.3 Å². The van der Waals surface area contributed by atoms with Gasteiger partial charge in [-0.15, -0.1) is 0 Å². The van der Waals surface area contributed by atoms with Crippen molar-refractivity contribution in [2.24, 2.45) is 0 Å². The minimum Gasteiger partial charge on any atom is -0.478 e. The summed E-state index contributed by atoms with van der Waals surface area (Å²) < 4.78 is 0. The molecule has 1 aliphatic rings. The van der Waals surface area contributed by atoms with Gasteiger partial charge < -0.3 is 15.7 Å². The molecule has 1 aliphatic heterocycles. The van der Waals surface area contributed by atoms with E-state index < -0.39 is 5.97 Å². The van der Waals surface area contributed by atoms with Crippen LogP contribution in [-0.4, -0.2) is 23.5 Å². The number of aryl methyl sites for hydroxylation is 1. The molecule has 1 amide bonds. The average Bonchev–Trinajstić information content (AvgIpc) is 3.01. The first-order chi connectivity index (χ1) is 11.5. The van der Waals surface area contributed by atoms with Crippen LogP contribution in [0.3, 0.4) is 0 Å². The molecule has 0 radical (unpaired) electrons. The summed E-state index contributed by atoms with van der Waals surface area (Å²) in [5.41, 5.74) is 4.40. The summed E-state index contributed by atoms with van der Waals surface area (Å²) in [6, 6.07) is 13.2. The topological polar surface area (TPSA) is 78.4 Å². The number of carboxylic acid groups (broad SMARTS) is 1. The molecule has 3 rings (SSSR count). The number of carbonyl (C=O) groups is 2. The lowest BCUT2D eigenvalue weighted by Crippen LogP contribution is -2.13. The van der Waals surface area contributed by atoms with Crippen molar-refractivity contribution in [1.29, 1.82) is 0 Å². The van der Waals surface area contributed by atoms with Crippen molar-refractivity contribution >= 4 is 17.6 Å². The second-order valence-electron chi connectivity index (χ2n) is 6.13. The Bertz CT molecular complexity index is 786. The van der Waals surface area contributed by atoms with Crippen molar-refractivity contribution in [1.82, 2.24) is 5.32 Å². The molecule has 124 valence electrons. The molecule has 0 spiro atoms. The number of anilines is 1. The van der Waals surface area contributed by atoms with E-state index in [9.17, 15) is 9.59 Å². The zero-order valence-corrected chi connectivity index (χ0v) is 13.5. The molecule has 1 atom stereocenters.